The molecule has 1 amide bonds. The van der Waals surface area contributed by atoms with Gasteiger partial charge >= 0.3 is 5.97 Å². The number of hydrogen-bond donors (Lipinski definition) is 2. The zero-order valence-electron chi connectivity index (χ0n) is 14.4. The maximum absolute atomic E-state index is 12.6. The second-order valence-electron chi connectivity index (χ2n) is 7.29. The second-order valence-corrected chi connectivity index (χ2v) is 7.29. The standard InChI is InChI=1S/C17H27N3O3/c1-10(2)7-14(17(22)23)19-16(21)13-8-18-20(9-11(3)4)15(13)12-5-6-12/h8,10-12,14H,5-7,9H2,1-4H3,(H,19,21)(H,22,23)/t14-/m1/s1. The molecule has 1 aliphatic carbocycles. The molecule has 0 unspecified atom stereocenters. The van der Waals surface area contributed by atoms with E-state index in [0.29, 0.717) is 23.8 Å². The number of nitrogens with zero attached hydrogens (tertiary/aromatic N) is 2. The lowest BCUT2D eigenvalue weighted by Gasteiger charge is -2.17. The van der Waals surface area contributed by atoms with Gasteiger partial charge in [0.25, 0.3) is 5.91 Å². The van der Waals surface area contributed by atoms with Gasteiger partial charge in [0.2, 0.25) is 0 Å². The minimum Gasteiger partial charge on any atom is -0.480 e. The largest absolute Gasteiger partial charge is 0.480 e. The fraction of sp³-hybridized carbons (Fsp3) is 0.706. The SMILES string of the molecule is CC(C)C[C@@H](NC(=O)c1cnn(CC(C)C)c1C1CC1)C(=O)O. The van der Waals surface area contributed by atoms with Crippen LogP contribution in [0.25, 0.3) is 0 Å². The molecule has 1 saturated carbocycles. The molecule has 0 saturated heterocycles. The van der Waals surface area contributed by atoms with Crippen LogP contribution in [0.1, 0.15) is 68.9 Å². The molecule has 1 aliphatic rings. The lowest BCUT2D eigenvalue weighted by Crippen LogP contribution is -2.41. The number of carbonyl (C=O) groups is 2. The van der Waals surface area contributed by atoms with E-state index in [1.807, 2.05) is 18.5 Å². The Hall–Kier alpha value is -1.85. The van der Waals surface area contributed by atoms with E-state index in [2.05, 4.69) is 24.3 Å². The van der Waals surface area contributed by atoms with Crippen LogP contribution < -0.4 is 5.32 Å². The number of hydrogen-bond acceptors (Lipinski definition) is 3. The first-order chi connectivity index (χ1) is 10.8. The average Bonchev–Trinajstić information content (AvgIpc) is 3.18. The number of nitrogens with one attached hydrogen (secondary N) is 1. The van der Waals surface area contributed by atoms with Gasteiger partial charge in [-0.15, -0.1) is 0 Å². The average molecular weight is 321 g/mol. The molecule has 0 aromatic carbocycles. The molecule has 1 heterocycles. The van der Waals surface area contributed by atoms with E-state index in [4.69, 9.17) is 0 Å². The molecule has 6 heteroatoms. The van der Waals surface area contributed by atoms with Crippen molar-refractivity contribution in [2.24, 2.45) is 11.8 Å². The van der Waals surface area contributed by atoms with Crippen molar-refractivity contribution >= 4 is 11.9 Å². The van der Waals surface area contributed by atoms with Crippen LogP contribution in [0.15, 0.2) is 6.20 Å². The predicted octanol–water partition coefficient (Wildman–Crippen LogP) is 2.65. The molecular weight excluding hydrogens is 294 g/mol. The molecule has 0 spiro atoms. The molecule has 0 aliphatic heterocycles. The zero-order chi connectivity index (χ0) is 17.1. The lowest BCUT2D eigenvalue weighted by atomic mass is 10.0. The summed E-state index contributed by atoms with van der Waals surface area (Å²) in [6.45, 7) is 8.88. The molecule has 1 fully saturated rings. The molecule has 1 aromatic heterocycles. The van der Waals surface area contributed by atoms with Crippen LogP contribution in [0.4, 0.5) is 0 Å². The monoisotopic (exact) mass is 321 g/mol. The summed E-state index contributed by atoms with van der Waals surface area (Å²) in [6, 6.07) is -0.858. The first-order valence-corrected chi connectivity index (χ1v) is 8.39. The highest BCUT2D eigenvalue weighted by Crippen LogP contribution is 2.41. The summed E-state index contributed by atoms with van der Waals surface area (Å²) in [6.07, 6.45) is 4.14. The third-order valence-corrected chi connectivity index (χ3v) is 3.94. The fourth-order valence-corrected chi connectivity index (χ4v) is 2.78. The molecule has 1 aromatic rings. The van der Waals surface area contributed by atoms with Crippen molar-refractivity contribution in [1.29, 1.82) is 0 Å². The molecule has 0 radical (unpaired) electrons. The molecule has 6 nitrogen and oxygen atoms in total. The zero-order valence-corrected chi connectivity index (χ0v) is 14.4. The van der Waals surface area contributed by atoms with E-state index in [-0.39, 0.29) is 11.8 Å². The molecule has 2 N–H and O–H groups in total. The molecule has 23 heavy (non-hydrogen) atoms. The lowest BCUT2D eigenvalue weighted by molar-refractivity contribution is -0.139. The van der Waals surface area contributed by atoms with Gasteiger partial charge in [0, 0.05) is 12.5 Å². The van der Waals surface area contributed by atoms with E-state index in [0.717, 1.165) is 25.1 Å². The molecule has 0 bridgehead atoms. The summed E-state index contributed by atoms with van der Waals surface area (Å²) in [4.78, 5) is 23.9. The van der Waals surface area contributed by atoms with E-state index >= 15 is 0 Å². The Morgan fingerprint density at radius 1 is 1.30 bits per heavy atom. The maximum atomic E-state index is 12.6. The number of carboxylic acid groups (broad SMARTS) is 1. The van der Waals surface area contributed by atoms with Crippen LogP contribution in [-0.2, 0) is 11.3 Å². The Morgan fingerprint density at radius 2 is 1.96 bits per heavy atom. The normalized spacial score (nSPS) is 15.9. The third kappa shape index (κ3) is 4.56. The van der Waals surface area contributed by atoms with Gasteiger partial charge < -0.3 is 10.4 Å². The Bertz CT molecular complexity index is 574. The number of aliphatic carboxylic acids is 1. The molecule has 2 rings (SSSR count). The predicted molar refractivity (Wildman–Crippen MR) is 87.4 cm³/mol. The number of carbonyl (C=O) groups excluding carboxylic acids is 1. The first-order valence-electron chi connectivity index (χ1n) is 8.39. The van der Waals surface area contributed by atoms with Crippen LogP contribution in [0, 0.1) is 11.8 Å². The van der Waals surface area contributed by atoms with Crippen molar-refractivity contribution < 1.29 is 14.7 Å². The van der Waals surface area contributed by atoms with Crippen molar-refractivity contribution in [3.8, 4) is 0 Å². The summed E-state index contributed by atoms with van der Waals surface area (Å²) in [5.41, 5.74) is 1.49. The Morgan fingerprint density at radius 3 is 2.43 bits per heavy atom. The van der Waals surface area contributed by atoms with Gasteiger partial charge in [-0.2, -0.15) is 5.10 Å². The van der Waals surface area contributed by atoms with Crippen LogP contribution in [0.5, 0.6) is 0 Å². The minimum absolute atomic E-state index is 0.197. The molecular formula is C17H27N3O3. The maximum Gasteiger partial charge on any atom is 0.326 e. The Labute approximate surface area is 137 Å². The summed E-state index contributed by atoms with van der Waals surface area (Å²) >= 11 is 0. The summed E-state index contributed by atoms with van der Waals surface area (Å²) in [5, 5.41) is 16.3. The van der Waals surface area contributed by atoms with Gasteiger partial charge in [-0.05, 0) is 31.1 Å². The van der Waals surface area contributed by atoms with E-state index in [1.54, 1.807) is 6.20 Å². The molecule has 128 valence electrons. The molecule has 1 atom stereocenters. The van der Waals surface area contributed by atoms with Crippen molar-refractivity contribution in [2.75, 3.05) is 0 Å². The minimum atomic E-state index is -0.991. The Kier molecular flexibility index (Phi) is 5.44. The third-order valence-electron chi connectivity index (χ3n) is 3.94. The first kappa shape index (κ1) is 17.5. The van der Waals surface area contributed by atoms with Gasteiger partial charge in [0.05, 0.1) is 17.5 Å². The Balaban J connectivity index is 2.18. The van der Waals surface area contributed by atoms with Crippen LogP contribution in [-0.4, -0.2) is 32.8 Å². The summed E-state index contributed by atoms with van der Waals surface area (Å²) in [7, 11) is 0. The van der Waals surface area contributed by atoms with E-state index in [9.17, 15) is 14.7 Å². The topological polar surface area (TPSA) is 84.2 Å². The highest BCUT2D eigenvalue weighted by molar-refractivity contribution is 5.97. The van der Waals surface area contributed by atoms with Crippen molar-refractivity contribution in [2.45, 2.75) is 65.5 Å². The van der Waals surface area contributed by atoms with Gasteiger partial charge in [0.1, 0.15) is 6.04 Å². The number of carboxylic acids is 1. The number of amides is 1. The van der Waals surface area contributed by atoms with Gasteiger partial charge in [0.15, 0.2) is 0 Å². The summed E-state index contributed by atoms with van der Waals surface area (Å²) in [5.74, 6) is -0.297. The van der Waals surface area contributed by atoms with Gasteiger partial charge in [-0.25, -0.2) is 4.79 Å². The van der Waals surface area contributed by atoms with E-state index < -0.39 is 12.0 Å². The summed E-state index contributed by atoms with van der Waals surface area (Å²) < 4.78 is 1.91. The van der Waals surface area contributed by atoms with Gasteiger partial charge in [-0.3, -0.25) is 9.48 Å². The van der Waals surface area contributed by atoms with Crippen molar-refractivity contribution in [3.63, 3.8) is 0 Å². The quantitative estimate of drug-likeness (QED) is 0.771. The van der Waals surface area contributed by atoms with Crippen molar-refractivity contribution in [1.82, 2.24) is 15.1 Å². The van der Waals surface area contributed by atoms with Crippen molar-refractivity contribution in [3.05, 3.63) is 17.5 Å². The van der Waals surface area contributed by atoms with Crippen LogP contribution in [0.2, 0.25) is 0 Å². The van der Waals surface area contributed by atoms with Crippen LogP contribution >= 0.6 is 0 Å². The highest BCUT2D eigenvalue weighted by Gasteiger charge is 2.33. The number of rotatable bonds is 8. The van der Waals surface area contributed by atoms with E-state index in [1.165, 1.54) is 0 Å². The fourth-order valence-electron chi connectivity index (χ4n) is 2.78. The van der Waals surface area contributed by atoms with Gasteiger partial charge in [-0.1, -0.05) is 27.7 Å². The van der Waals surface area contributed by atoms with Crippen LogP contribution in [0.3, 0.4) is 0 Å². The highest BCUT2D eigenvalue weighted by atomic mass is 16.4. The second kappa shape index (κ2) is 7.15. The number of aromatic nitrogens is 2. The smallest absolute Gasteiger partial charge is 0.326 e.